The Hall–Kier alpha value is -1.68. The molecule has 22 heavy (non-hydrogen) atoms. The number of ether oxygens (including phenoxy) is 2. The Bertz CT molecular complexity index is 663. The minimum Gasteiger partial charge on any atom is -0.380 e. The van der Waals surface area contributed by atoms with Gasteiger partial charge in [0.1, 0.15) is 5.60 Å². The fourth-order valence-corrected chi connectivity index (χ4v) is 3.62. The summed E-state index contributed by atoms with van der Waals surface area (Å²) in [6.07, 6.45) is 0.381. The van der Waals surface area contributed by atoms with E-state index >= 15 is 0 Å². The van der Waals surface area contributed by atoms with Crippen molar-refractivity contribution in [1.29, 1.82) is 0 Å². The molecule has 2 atom stereocenters. The molecule has 1 N–H and O–H groups in total. The van der Waals surface area contributed by atoms with Crippen LogP contribution in [0.15, 0.2) is 48.5 Å². The van der Waals surface area contributed by atoms with E-state index in [1.807, 2.05) is 42.5 Å². The molecular formula is C19H22O3. The van der Waals surface area contributed by atoms with Gasteiger partial charge in [-0.25, -0.2) is 0 Å². The Balaban J connectivity index is 2.19. The summed E-state index contributed by atoms with van der Waals surface area (Å²) in [6.45, 7) is 2.09. The van der Waals surface area contributed by atoms with Gasteiger partial charge in [0.05, 0.1) is 0 Å². The first-order valence-electron chi connectivity index (χ1n) is 7.58. The zero-order chi connectivity index (χ0) is 15.7. The lowest BCUT2D eigenvalue weighted by atomic mass is 9.79. The highest BCUT2D eigenvalue weighted by molar-refractivity contribution is 5.49. The molecule has 116 valence electrons. The van der Waals surface area contributed by atoms with Crippen LogP contribution in [-0.2, 0) is 21.5 Å². The van der Waals surface area contributed by atoms with Gasteiger partial charge in [0.25, 0.3) is 0 Å². The predicted molar refractivity (Wildman–Crippen MR) is 85.5 cm³/mol. The van der Waals surface area contributed by atoms with Gasteiger partial charge < -0.3 is 14.6 Å². The Morgan fingerprint density at radius 2 is 1.59 bits per heavy atom. The lowest BCUT2D eigenvalue weighted by Gasteiger charge is -2.33. The normalized spacial score (nSPS) is 23.8. The first-order valence-corrected chi connectivity index (χ1v) is 7.58. The monoisotopic (exact) mass is 298 g/mol. The predicted octanol–water partition coefficient (Wildman–Crippen LogP) is 3.41. The molecule has 0 radical (unpaired) electrons. The van der Waals surface area contributed by atoms with Crippen LogP contribution in [0.1, 0.15) is 35.5 Å². The lowest BCUT2D eigenvalue weighted by Crippen LogP contribution is -2.33. The average molecular weight is 298 g/mol. The van der Waals surface area contributed by atoms with E-state index in [1.54, 1.807) is 14.2 Å². The SMILES string of the molecule is COC(OC)c1ccccc1C1(O)c2ccccc2CC1C. The van der Waals surface area contributed by atoms with Crippen molar-refractivity contribution in [3.8, 4) is 0 Å². The molecule has 0 aromatic heterocycles. The molecule has 3 rings (SSSR count). The molecule has 0 saturated carbocycles. The molecule has 0 saturated heterocycles. The zero-order valence-electron chi connectivity index (χ0n) is 13.2. The summed E-state index contributed by atoms with van der Waals surface area (Å²) in [7, 11) is 3.22. The van der Waals surface area contributed by atoms with E-state index < -0.39 is 11.9 Å². The van der Waals surface area contributed by atoms with Crippen molar-refractivity contribution in [2.75, 3.05) is 14.2 Å². The van der Waals surface area contributed by atoms with E-state index in [0.29, 0.717) is 0 Å². The molecule has 0 amide bonds. The van der Waals surface area contributed by atoms with Crippen molar-refractivity contribution in [1.82, 2.24) is 0 Å². The smallest absolute Gasteiger partial charge is 0.183 e. The van der Waals surface area contributed by atoms with Gasteiger partial charge in [-0.1, -0.05) is 55.5 Å². The summed E-state index contributed by atoms with van der Waals surface area (Å²) < 4.78 is 10.8. The minimum atomic E-state index is -1.01. The molecular weight excluding hydrogens is 276 g/mol. The van der Waals surface area contributed by atoms with E-state index in [9.17, 15) is 5.11 Å². The van der Waals surface area contributed by atoms with Gasteiger partial charge in [0.2, 0.25) is 0 Å². The van der Waals surface area contributed by atoms with Crippen molar-refractivity contribution in [2.24, 2.45) is 5.92 Å². The Labute approximate surface area is 131 Å². The van der Waals surface area contributed by atoms with Crippen LogP contribution in [0.5, 0.6) is 0 Å². The molecule has 2 unspecified atom stereocenters. The molecule has 2 aromatic carbocycles. The van der Waals surface area contributed by atoms with E-state index in [2.05, 4.69) is 13.0 Å². The van der Waals surface area contributed by atoms with Crippen LogP contribution in [0.25, 0.3) is 0 Å². The van der Waals surface area contributed by atoms with E-state index in [1.165, 1.54) is 5.56 Å². The third kappa shape index (κ3) is 2.17. The fourth-order valence-electron chi connectivity index (χ4n) is 3.62. The fraction of sp³-hybridized carbons (Fsp3) is 0.368. The van der Waals surface area contributed by atoms with Gasteiger partial charge in [-0.2, -0.15) is 0 Å². The first kappa shape index (κ1) is 15.2. The lowest BCUT2D eigenvalue weighted by molar-refractivity contribution is -0.108. The van der Waals surface area contributed by atoms with Gasteiger partial charge in [-0.15, -0.1) is 0 Å². The van der Waals surface area contributed by atoms with Gasteiger partial charge >= 0.3 is 0 Å². The Morgan fingerprint density at radius 1 is 1.00 bits per heavy atom. The Kier molecular flexibility index (Phi) is 4.04. The Morgan fingerprint density at radius 3 is 2.27 bits per heavy atom. The molecule has 0 spiro atoms. The van der Waals surface area contributed by atoms with Crippen LogP contribution in [-0.4, -0.2) is 19.3 Å². The molecule has 2 aromatic rings. The van der Waals surface area contributed by atoms with Crippen LogP contribution in [0.3, 0.4) is 0 Å². The van der Waals surface area contributed by atoms with Crippen LogP contribution in [0.2, 0.25) is 0 Å². The number of aliphatic hydroxyl groups is 1. The zero-order valence-corrected chi connectivity index (χ0v) is 13.2. The highest BCUT2D eigenvalue weighted by Crippen LogP contribution is 2.47. The van der Waals surface area contributed by atoms with Crippen LogP contribution in [0, 0.1) is 5.92 Å². The van der Waals surface area contributed by atoms with Crippen LogP contribution < -0.4 is 0 Å². The quantitative estimate of drug-likeness (QED) is 0.879. The average Bonchev–Trinajstić information content (AvgIpc) is 2.81. The number of rotatable bonds is 4. The number of methoxy groups -OCH3 is 2. The van der Waals surface area contributed by atoms with Crippen LogP contribution in [0.4, 0.5) is 0 Å². The maximum absolute atomic E-state index is 11.6. The number of fused-ring (bicyclic) bond motifs is 1. The van der Waals surface area contributed by atoms with Crippen LogP contribution >= 0.6 is 0 Å². The van der Waals surface area contributed by atoms with Crippen molar-refractivity contribution in [3.63, 3.8) is 0 Å². The summed E-state index contributed by atoms with van der Waals surface area (Å²) in [4.78, 5) is 0. The molecule has 3 heteroatoms. The van der Waals surface area contributed by atoms with Gasteiger partial charge in [0, 0.05) is 19.8 Å². The molecule has 0 heterocycles. The van der Waals surface area contributed by atoms with Crippen molar-refractivity contribution >= 4 is 0 Å². The van der Waals surface area contributed by atoms with Gasteiger partial charge in [-0.3, -0.25) is 0 Å². The standard InChI is InChI=1S/C19H22O3/c1-13-12-14-8-4-6-10-16(14)19(13,20)17-11-7-5-9-15(17)18(21-2)22-3/h4-11,13,18,20H,12H2,1-3H3. The third-order valence-electron chi connectivity index (χ3n) is 4.72. The molecule has 1 aliphatic rings. The second-order valence-corrected chi connectivity index (χ2v) is 5.92. The summed E-state index contributed by atoms with van der Waals surface area (Å²) >= 11 is 0. The topological polar surface area (TPSA) is 38.7 Å². The molecule has 1 aliphatic carbocycles. The van der Waals surface area contributed by atoms with Gasteiger partial charge in [0.15, 0.2) is 6.29 Å². The summed E-state index contributed by atoms with van der Waals surface area (Å²) in [6, 6.07) is 15.9. The molecule has 0 aliphatic heterocycles. The summed E-state index contributed by atoms with van der Waals surface area (Å²) in [5.41, 5.74) is 2.92. The first-order chi connectivity index (χ1) is 10.6. The van der Waals surface area contributed by atoms with E-state index in [4.69, 9.17) is 9.47 Å². The molecule has 3 nitrogen and oxygen atoms in total. The second-order valence-electron chi connectivity index (χ2n) is 5.92. The van der Waals surface area contributed by atoms with Gasteiger partial charge in [-0.05, 0) is 29.0 Å². The maximum atomic E-state index is 11.6. The largest absolute Gasteiger partial charge is 0.380 e. The van der Waals surface area contributed by atoms with Crippen molar-refractivity contribution in [3.05, 3.63) is 70.8 Å². The summed E-state index contributed by atoms with van der Waals surface area (Å²) in [5, 5.41) is 11.6. The van der Waals surface area contributed by atoms with E-state index in [-0.39, 0.29) is 5.92 Å². The number of hydrogen-bond acceptors (Lipinski definition) is 3. The molecule has 0 fully saturated rings. The molecule has 0 bridgehead atoms. The van der Waals surface area contributed by atoms with E-state index in [0.717, 1.165) is 23.1 Å². The number of benzene rings is 2. The highest BCUT2D eigenvalue weighted by atomic mass is 16.7. The third-order valence-corrected chi connectivity index (χ3v) is 4.72. The second kappa shape index (κ2) is 5.84. The van der Waals surface area contributed by atoms with Crippen molar-refractivity contribution in [2.45, 2.75) is 25.2 Å². The summed E-state index contributed by atoms with van der Waals surface area (Å²) in [5.74, 6) is 0.0976. The minimum absolute atomic E-state index is 0.0976. The number of hydrogen-bond donors (Lipinski definition) is 1. The maximum Gasteiger partial charge on any atom is 0.183 e. The van der Waals surface area contributed by atoms with Crippen molar-refractivity contribution < 1.29 is 14.6 Å². The highest BCUT2D eigenvalue weighted by Gasteiger charge is 2.45.